The molecule has 0 aromatic carbocycles. The summed E-state index contributed by atoms with van der Waals surface area (Å²) in [5, 5.41) is 3.33. The topological polar surface area (TPSA) is 56.3 Å². The molecule has 5 nitrogen and oxygen atoms in total. The summed E-state index contributed by atoms with van der Waals surface area (Å²) in [4.78, 5) is 8.41. The summed E-state index contributed by atoms with van der Waals surface area (Å²) >= 11 is 0. The molecule has 1 aromatic rings. The molecule has 1 aliphatic rings. The highest BCUT2D eigenvalue weighted by atomic mass is 16.5. The Morgan fingerprint density at radius 1 is 1.35 bits per heavy atom. The van der Waals surface area contributed by atoms with E-state index in [0.717, 1.165) is 26.1 Å². The number of methoxy groups -OCH3 is 1. The number of ether oxygens (including phenoxy) is 2. The van der Waals surface area contributed by atoms with E-state index in [1.165, 1.54) is 0 Å². The molecular weight excluding hydrogens is 218 g/mol. The van der Waals surface area contributed by atoms with Crippen molar-refractivity contribution >= 4 is 5.95 Å². The summed E-state index contributed by atoms with van der Waals surface area (Å²) in [7, 11) is 1.61. The molecule has 1 aromatic heterocycles. The van der Waals surface area contributed by atoms with E-state index in [0.29, 0.717) is 23.7 Å². The van der Waals surface area contributed by atoms with Crippen LogP contribution in [-0.2, 0) is 4.74 Å². The number of hydrogen-bond acceptors (Lipinski definition) is 5. The van der Waals surface area contributed by atoms with E-state index >= 15 is 0 Å². The summed E-state index contributed by atoms with van der Waals surface area (Å²) in [6.07, 6.45) is 5.55. The predicted molar refractivity (Wildman–Crippen MR) is 65.2 cm³/mol. The Morgan fingerprint density at radius 3 is 2.59 bits per heavy atom. The van der Waals surface area contributed by atoms with Crippen molar-refractivity contribution in [2.45, 2.75) is 25.8 Å². The van der Waals surface area contributed by atoms with E-state index in [-0.39, 0.29) is 0 Å². The van der Waals surface area contributed by atoms with Crippen molar-refractivity contribution in [1.82, 2.24) is 9.97 Å². The first-order chi connectivity index (χ1) is 8.29. The maximum Gasteiger partial charge on any atom is 0.223 e. The van der Waals surface area contributed by atoms with Gasteiger partial charge in [0, 0.05) is 19.3 Å². The standard InChI is InChI=1S/C12H19N3O2/c1-9(10-3-5-17-6-4-10)15-12-13-7-11(16-2)8-14-12/h7-10H,3-6H2,1-2H3,(H,13,14,15). The van der Waals surface area contributed by atoms with Gasteiger partial charge in [-0.3, -0.25) is 0 Å². The molecule has 2 heterocycles. The maximum absolute atomic E-state index is 5.35. The molecule has 1 atom stereocenters. The number of hydrogen-bond donors (Lipinski definition) is 1. The zero-order chi connectivity index (χ0) is 12.1. The van der Waals surface area contributed by atoms with Crippen molar-refractivity contribution in [2.75, 3.05) is 25.6 Å². The van der Waals surface area contributed by atoms with Crippen molar-refractivity contribution in [1.29, 1.82) is 0 Å². The van der Waals surface area contributed by atoms with E-state index < -0.39 is 0 Å². The Labute approximate surface area is 102 Å². The average molecular weight is 237 g/mol. The fourth-order valence-corrected chi connectivity index (χ4v) is 2.03. The second-order valence-corrected chi connectivity index (χ2v) is 4.33. The largest absolute Gasteiger partial charge is 0.494 e. The lowest BCUT2D eigenvalue weighted by Crippen LogP contribution is -2.31. The molecule has 0 amide bonds. The zero-order valence-electron chi connectivity index (χ0n) is 10.3. The first-order valence-corrected chi connectivity index (χ1v) is 6.00. The van der Waals surface area contributed by atoms with Crippen LogP contribution in [0, 0.1) is 5.92 Å². The van der Waals surface area contributed by atoms with Crippen LogP contribution in [0.25, 0.3) is 0 Å². The summed E-state index contributed by atoms with van der Waals surface area (Å²) < 4.78 is 10.4. The molecule has 1 unspecified atom stereocenters. The smallest absolute Gasteiger partial charge is 0.223 e. The molecule has 0 aliphatic carbocycles. The van der Waals surface area contributed by atoms with Crippen LogP contribution in [0.4, 0.5) is 5.95 Å². The molecule has 2 rings (SSSR count). The summed E-state index contributed by atoms with van der Waals surface area (Å²) in [5.41, 5.74) is 0. The maximum atomic E-state index is 5.35. The van der Waals surface area contributed by atoms with Crippen LogP contribution in [0.3, 0.4) is 0 Å². The van der Waals surface area contributed by atoms with E-state index in [4.69, 9.17) is 9.47 Å². The van der Waals surface area contributed by atoms with Crippen LogP contribution in [0.5, 0.6) is 5.75 Å². The molecule has 17 heavy (non-hydrogen) atoms. The summed E-state index contributed by atoms with van der Waals surface area (Å²) in [6.45, 7) is 3.89. The Bertz CT molecular complexity index is 336. The molecule has 0 bridgehead atoms. The first kappa shape index (κ1) is 12.1. The minimum Gasteiger partial charge on any atom is -0.494 e. The van der Waals surface area contributed by atoms with Gasteiger partial charge in [0.15, 0.2) is 5.75 Å². The zero-order valence-corrected chi connectivity index (χ0v) is 10.3. The Hall–Kier alpha value is -1.36. The highest BCUT2D eigenvalue weighted by Crippen LogP contribution is 2.20. The second-order valence-electron chi connectivity index (χ2n) is 4.33. The molecule has 5 heteroatoms. The fourth-order valence-electron chi connectivity index (χ4n) is 2.03. The van der Waals surface area contributed by atoms with Gasteiger partial charge >= 0.3 is 0 Å². The van der Waals surface area contributed by atoms with E-state index in [9.17, 15) is 0 Å². The van der Waals surface area contributed by atoms with Gasteiger partial charge in [0.25, 0.3) is 0 Å². The molecule has 0 spiro atoms. The number of nitrogens with one attached hydrogen (secondary N) is 1. The van der Waals surface area contributed by atoms with Gasteiger partial charge in [-0.25, -0.2) is 9.97 Å². The Morgan fingerprint density at radius 2 is 2.00 bits per heavy atom. The van der Waals surface area contributed by atoms with Gasteiger partial charge in [0.1, 0.15) is 0 Å². The molecule has 1 saturated heterocycles. The van der Waals surface area contributed by atoms with Crippen LogP contribution >= 0.6 is 0 Å². The third-order valence-electron chi connectivity index (χ3n) is 3.19. The third-order valence-corrected chi connectivity index (χ3v) is 3.19. The minimum atomic E-state index is 0.368. The predicted octanol–water partition coefficient (Wildman–Crippen LogP) is 1.71. The summed E-state index contributed by atoms with van der Waals surface area (Å²) in [5.74, 6) is 1.97. The van der Waals surface area contributed by atoms with Gasteiger partial charge in [0.2, 0.25) is 5.95 Å². The van der Waals surface area contributed by atoms with E-state index in [1.54, 1.807) is 19.5 Å². The van der Waals surface area contributed by atoms with Crippen LogP contribution in [0.2, 0.25) is 0 Å². The van der Waals surface area contributed by atoms with Crippen LogP contribution in [0.1, 0.15) is 19.8 Å². The average Bonchev–Trinajstić information content (AvgIpc) is 2.40. The van der Waals surface area contributed by atoms with Crippen molar-refractivity contribution in [3.8, 4) is 5.75 Å². The lowest BCUT2D eigenvalue weighted by molar-refractivity contribution is 0.0621. The summed E-state index contributed by atoms with van der Waals surface area (Å²) in [6, 6.07) is 0.368. The SMILES string of the molecule is COc1cnc(NC(C)C2CCOCC2)nc1. The number of aromatic nitrogens is 2. The molecule has 1 aliphatic heterocycles. The molecule has 94 valence electrons. The van der Waals surface area contributed by atoms with Gasteiger partial charge in [0.05, 0.1) is 19.5 Å². The van der Waals surface area contributed by atoms with Gasteiger partial charge < -0.3 is 14.8 Å². The fraction of sp³-hybridized carbons (Fsp3) is 0.667. The minimum absolute atomic E-state index is 0.368. The lowest BCUT2D eigenvalue weighted by atomic mass is 9.93. The van der Waals surface area contributed by atoms with Crippen molar-refractivity contribution in [3.63, 3.8) is 0 Å². The molecule has 1 fully saturated rings. The monoisotopic (exact) mass is 237 g/mol. The quantitative estimate of drug-likeness (QED) is 0.864. The third kappa shape index (κ3) is 3.30. The lowest BCUT2D eigenvalue weighted by Gasteiger charge is -2.28. The van der Waals surface area contributed by atoms with Gasteiger partial charge in [-0.15, -0.1) is 0 Å². The van der Waals surface area contributed by atoms with Gasteiger partial charge in [-0.05, 0) is 25.7 Å². The van der Waals surface area contributed by atoms with Crippen molar-refractivity contribution < 1.29 is 9.47 Å². The number of nitrogens with zero attached hydrogens (tertiary/aromatic N) is 2. The number of anilines is 1. The van der Waals surface area contributed by atoms with Crippen LogP contribution in [0.15, 0.2) is 12.4 Å². The Balaban J connectivity index is 1.89. The van der Waals surface area contributed by atoms with Gasteiger partial charge in [-0.2, -0.15) is 0 Å². The van der Waals surface area contributed by atoms with Crippen LogP contribution in [-0.4, -0.2) is 36.3 Å². The molecule has 0 radical (unpaired) electrons. The Kier molecular flexibility index (Phi) is 4.14. The highest BCUT2D eigenvalue weighted by molar-refractivity contribution is 5.28. The first-order valence-electron chi connectivity index (χ1n) is 6.00. The molecule has 0 saturated carbocycles. The molecule has 1 N–H and O–H groups in total. The second kappa shape index (κ2) is 5.82. The normalized spacial score (nSPS) is 18.7. The van der Waals surface area contributed by atoms with Crippen LogP contribution < -0.4 is 10.1 Å². The van der Waals surface area contributed by atoms with Gasteiger partial charge in [-0.1, -0.05) is 0 Å². The van der Waals surface area contributed by atoms with Crippen molar-refractivity contribution in [3.05, 3.63) is 12.4 Å². The van der Waals surface area contributed by atoms with E-state index in [2.05, 4.69) is 22.2 Å². The van der Waals surface area contributed by atoms with Crippen molar-refractivity contribution in [2.24, 2.45) is 5.92 Å². The molecular formula is C12H19N3O2. The van der Waals surface area contributed by atoms with E-state index in [1.807, 2.05) is 0 Å². The number of rotatable bonds is 4. The highest BCUT2D eigenvalue weighted by Gasteiger charge is 2.20.